The van der Waals surface area contributed by atoms with Crippen molar-refractivity contribution in [3.05, 3.63) is 29.6 Å². The number of hydrogen-bond acceptors (Lipinski definition) is 5. The molecule has 2 aliphatic heterocycles. The lowest BCUT2D eigenvalue weighted by Crippen LogP contribution is -2.33. The van der Waals surface area contributed by atoms with Crippen LogP contribution in [0.15, 0.2) is 18.2 Å². The zero-order valence-corrected chi connectivity index (χ0v) is 12.6. The minimum absolute atomic E-state index is 0.246. The average Bonchev–Trinajstić information content (AvgIpc) is 2.89. The van der Waals surface area contributed by atoms with Gasteiger partial charge < -0.3 is 15.4 Å². The number of ether oxygens (including phenoxy) is 1. The Balaban J connectivity index is 1.79. The SMILES string of the molecule is NCC1C[C@H](c2ccc(N3CCSCC3)c(F)c2)C(=O)O1. The van der Waals surface area contributed by atoms with Crippen molar-refractivity contribution in [2.45, 2.75) is 18.4 Å². The van der Waals surface area contributed by atoms with Crippen LogP contribution in [-0.4, -0.2) is 43.2 Å². The second kappa shape index (κ2) is 6.23. The van der Waals surface area contributed by atoms with Gasteiger partial charge in [-0.2, -0.15) is 11.8 Å². The fraction of sp³-hybridized carbons (Fsp3) is 0.533. The molecule has 0 bridgehead atoms. The number of carbonyl (C=O) groups excluding carboxylic acids is 1. The molecule has 114 valence electrons. The first kappa shape index (κ1) is 14.7. The number of nitrogens with two attached hydrogens (primary N) is 1. The predicted molar refractivity (Wildman–Crippen MR) is 82.2 cm³/mol. The van der Waals surface area contributed by atoms with Gasteiger partial charge in [-0.05, 0) is 17.7 Å². The summed E-state index contributed by atoms with van der Waals surface area (Å²) in [6, 6.07) is 5.09. The van der Waals surface area contributed by atoms with Gasteiger partial charge in [0.15, 0.2) is 0 Å². The molecule has 3 rings (SSSR count). The smallest absolute Gasteiger partial charge is 0.313 e. The van der Waals surface area contributed by atoms with Gasteiger partial charge in [0.1, 0.15) is 11.9 Å². The first-order chi connectivity index (χ1) is 10.2. The molecular formula is C15H19FN2O2S. The topological polar surface area (TPSA) is 55.6 Å². The van der Waals surface area contributed by atoms with Crippen molar-refractivity contribution in [2.75, 3.05) is 36.0 Å². The van der Waals surface area contributed by atoms with Crippen LogP contribution in [0, 0.1) is 5.82 Å². The van der Waals surface area contributed by atoms with E-state index in [1.165, 1.54) is 6.07 Å². The van der Waals surface area contributed by atoms with E-state index in [1.807, 2.05) is 17.8 Å². The summed E-state index contributed by atoms with van der Waals surface area (Å²) >= 11 is 1.89. The summed E-state index contributed by atoms with van der Waals surface area (Å²) in [6.07, 6.45) is 0.290. The third-order valence-corrected chi connectivity index (χ3v) is 5.00. The Bertz CT molecular complexity index is 534. The van der Waals surface area contributed by atoms with Crippen molar-refractivity contribution < 1.29 is 13.9 Å². The molecule has 2 N–H and O–H groups in total. The molecule has 0 amide bonds. The van der Waals surface area contributed by atoms with E-state index in [1.54, 1.807) is 6.07 Å². The van der Waals surface area contributed by atoms with E-state index in [-0.39, 0.29) is 23.8 Å². The standard InChI is InChI=1S/C15H19FN2O2S/c16-13-7-10(12-8-11(9-17)20-15(12)19)1-2-14(13)18-3-5-21-6-4-18/h1-2,7,11-12H,3-6,8-9,17H2/t11?,12-/m1/s1. The number of esters is 1. The molecule has 0 radical (unpaired) electrons. The molecule has 6 heteroatoms. The molecule has 2 heterocycles. The lowest BCUT2D eigenvalue weighted by Gasteiger charge is -2.29. The van der Waals surface area contributed by atoms with E-state index in [0.717, 1.165) is 24.6 Å². The van der Waals surface area contributed by atoms with Crippen molar-refractivity contribution in [1.82, 2.24) is 0 Å². The lowest BCUT2D eigenvalue weighted by molar-refractivity contribution is -0.142. The summed E-state index contributed by atoms with van der Waals surface area (Å²) in [4.78, 5) is 13.9. The molecule has 1 aromatic rings. The van der Waals surface area contributed by atoms with Gasteiger partial charge in [-0.25, -0.2) is 4.39 Å². The van der Waals surface area contributed by atoms with E-state index in [0.29, 0.717) is 24.2 Å². The zero-order chi connectivity index (χ0) is 14.8. The highest BCUT2D eigenvalue weighted by molar-refractivity contribution is 7.99. The predicted octanol–water partition coefficient (Wildman–Crippen LogP) is 1.74. The van der Waals surface area contributed by atoms with Crippen molar-refractivity contribution in [1.29, 1.82) is 0 Å². The van der Waals surface area contributed by atoms with E-state index in [9.17, 15) is 9.18 Å². The molecule has 2 fully saturated rings. The van der Waals surface area contributed by atoms with Crippen molar-refractivity contribution in [3.63, 3.8) is 0 Å². The molecule has 21 heavy (non-hydrogen) atoms. The quantitative estimate of drug-likeness (QED) is 0.862. The fourth-order valence-corrected chi connectivity index (χ4v) is 3.77. The van der Waals surface area contributed by atoms with E-state index < -0.39 is 0 Å². The van der Waals surface area contributed by atoms with E-state index in [2.05, 4.69) is 4.90 Å². The van der Waals surface area contributed by atoms with Crippen molar-refractivity contribution in [3.8, 4) is 0 Å². The highest BCUT2D eigenvalue weighted by atomic mass is 32.2. The monoisotopic (exact) mass is 310 g/mol. The van der Waals surface area contributed by atoms with Gasteiger partial charge in [0.25, 0.3) is 0 Å². The maximum Gasteiger partial charge on any atom is 0.313 e. The van der Waals surface area contributed by atoms with Gasteiger partial charge in [0.2, 0.25) is 0 Å². The third-order valence-electron chi connectivity index (χ3n) is 4.05. The van der Waals surface area contributed by atoms with Crippen LogP contribution >= 0.6 is 11.8 Å². The Hall–Kier alpha value is -1.27. The fourth-order valence-electron chi connectivity index (χ4n) is 2.87. The Morgan fingerprint density at radius 3 is 2.76 bits per heavy atom. The molecule has 0 spiro atoms. The van der Waals surface area contributed by atoms with Gasteiger partial charge in [0, 0.05) is 37.6 Å². The summed E-state index contributed by atoms with van der Waals surface area (Å²) in [5, 5.41) is 0. The minimum Gasteiger partial charge on any atom is -0.461 e. The first-order valence-corrected chi connectivity index (χ1v) is 8.37. The summed E-state index contributed by atoms with van der Waals surface area (Å²) in [7, 11) is 0. The van der Waals surface area contributed by atoms with Gasteiger partial charge >= 0.3 is 5.97 Å². The molecule has 0 saturated carbocycles. The molecule has 1 aromatic carbocycles. The Labute approximate surface area is 127 Å². The van der Waals surface area contributed by atoms with Crippen LogP contribution in [0.3, 0.4) is 0 Å². The van der Waals surface area contributed by atoms with E-state index in [4.69, 9.17) is 10.5 Å². The second-order valence-corrected chi connectivity index (χ2v) is 6.62. The maximum atomic E-state index is 14.4. The first-order valence-electron chi connectivity index (χ1n) is 7.21. The molecule has 0 aliphatic carbocycles. The number of cyclic esters (lactones) is 1. The highest BCUT2D eigenvalue weighted by Crippen LogP contribution is 2.33. The van der Waals surface area contributed by atoms with Gasteiger partial charge in [-0.15, -0.1) is 0 Å². The molecule has 0 aromatic heterocycles. The van der Waals surface area contributed by atoms with Crippen molar-refractivity contribution >= 4 is 23.4 Å². The molecule has 2 saturated heterocycles. The normalized spacial score (nSPS) is 26.0. The van der Waals surface area contributed by atoms with Crippen LogP contribution in [0.5, 0.6) is 0 Å². The lowest BCUT2D eigenvalue weighted by atomic mass is 9.95. The molecule has 1 unspecified atom stereocenters. The van der Waals surface area contributed by atoms with Crippen molar-refractivity contribution in [2.24, 2.45) is 5.73 Å². The number of thioether (sulfide) groups is 1. The molecule has 2 aliphatic rings. The third kappa shape index (κ3) is 3.01. The maximum absolute atomic E-state index is 14.4. The van der Waals surface area contributed by atoms with Gasteiger partial charge in [-0.1, -0.05) is 6.07 Å². The van der Waals surface area contributed by atoms with Crippen LogP contribution in [-0.2, 0) is 9.53 Å². The van der Waals surface area contributed by atoms with Crippen LogP contribution in [0.4, 0.5) is 10.1 Å². The van der Waals surface area contributed by atoms with Crippen LogP contribution in [0.1, 0.15) is 17.9 Å². The second-order valence-electron chi connectivity index (χ2n) is 5.39. The Kier molecular flexibility index (Phi) is 4.35. The van der Waals surface area contributed by atoms with Crippen LogP contribution in [0.2, 0.25) is 0 Å². The Morgan fingerprint density at radius 1 is 1.38 bits per heavy atom. The zero-order valence-electron chi connectivity index (χ0n) is 11.8. The van der Waals surface area contributed by atoms with Gasteiger partial charge in [0.05, 0.1) is 11.6 Å². The summed E-state index contributed by atoms with van der Waals surface area (Å²) < 4.78 is 19.5. The number of halogens is 1. The average molecular weight is 310 g/mol. The number of carbonyl (C=O) groups is 1. The Morgan fingerprint density at radius 2 is 2.14 bits per heavy atom. The minimum atomic E-state index is -0.390. The van der Waals surface area contributed by atoms with Gasteiger partial charge in [-0.3, -0.25) is 4.79 Å². The number of benzene rings is 1. The molecule has 2 atom stereocenters. The number of rotatable bonds is 3. The number of nitrogens with zero attached hydrogens (tertiary/aromatic N) is 1. The highest BCUT2D eigenvalue weighted by Gasteiger charge is 2.35. The number of anilines is 1. The largest absolute Gasteiger partial charge is 0.461 e. The summed E-state index contributed by atoms with van der Waals surface area (Å²) in [6.45, 7) is 2.04. The van der Waals surface area contributed by atoms with Crippen LogP contribution in [0.25, 0.3) is 0 Å². The van der Waals surface area contributed by atoms with E-state index >= 15 is 0 Å². The molecular weight excluding hydrogens is 291 g/mol. The van der Waals surface area contributed by atoms with Crippen LogP contribution < -0.4 is 10.6 Å². The molecule has 4 nitrogen and oxygen atoms in total. The summed E-state index contributed by atoms with van der Waals surface area (Å²) in [5.74, 6) is 1.09. The summed E-state index contributed by atoms with van der Waals surface area (Å²) in [5.41, 5.74) is 6.84. The number of hydrogen-bond donors (Lipinski definition) is 1.